The molecule has 5 nitrogen and oxygen atoms in total. The maximum absolute atomic E-state index is 11.8. The van der Waals surface area contributed by atoms with Crippen molar-refractivity contribution in [2.45, 2.75) is 6.92 Å². The lowest BCUT2D eigenvalue weighted by Gasteiger charge is -2.10. The normalized spacial score (nSPS) is 10.2. The van der Waals surface area contributed by atoms with Crippen molar-refractivity contribution in [3.63, 3.8) is 0 Å². The van der Waals surface area contributed by atoms with Gasteiger partial charge in [0, 0.05) is 11.6 Å². The Kier molecular flexibility index (Phi) is 3.98. The van der Waals surface area contributed by atoms with E-state index in [1.165, 1.54) is 7.11 Å². The summed E-state index contributed by atoms with van der Waals surface area (Å²) >= 11 is 0. The molecule has 0 N–H and O–H groups in total. The van der Waals surface area contributed by atoms with Crippen LogP contribution in [0.25, 0.3) is 11.3 Å². The summed E-state index contributed by atoms with van der Waals surface area (Å²) in [5, 5.41) is 0. The zero-order valence-corrected chi connectivity index (χ0v) is 11.9. The van der Waals surface area contributed by atoms with Crippen molar-refractivity contribution in [3.8, 4) is 28.6 Å². The number of methoxy groups -OCH3 is 3. The van der Waals surface area contributed by atoms with Gasteiger partial charge in [0.05, 0.1) is 26.9 Å². The smallest absolute Gasteiger partial charge is 0.342 e. The third-order valence-electron chi connectivity index (χ3n) is 3.03. The van der Waals surface area contributed by atoms with Crippen LogP contribution in [0.1, 0.15) is 5.56 Å². The highest BCUT2D eigenvalue weighted by Gasteiger charge is 2.12. The molecule has 5 heteroatoms. The molecular weight excluding hydrogens is 260 g/mol. The Morgan fingerprint density at radius 2 is 1.55 bits per heavy atom. The lowest BCUT2D eigenvalue weighted by atomic mass is 10.1. The van der Waals surface area contributed by atoms with Crippen LogP contribution in [0.15, 0.2) is 33.5 Å². The molecule has 0 bridgehead atoms. The van der Waals surface area contributed by atoms with E-state index in [4.69, 9.17) is 18.6 Å². The second-order valence-electron chi connectivity index (χ2n) is 4.16. The molecule has 2 rings (SSSR count). The van der Waals surface area contributed by atoms with E-state index < -0.39 is 5.63 Å². The van der Waals surface area contributed by atoms with Gasteiger partial charge in [0.25, 0.3) is 0 Å². The summed E-state index contributed by atoms with van der Waals surface area (Å²) in [6.45, 7) is 1.66. The SMILES string of the molecule is COc1ccc(-c2cc(OC)c(C)c(=O)o2)cc1OC. The van der Waals surface area contributed by atoms with Crippen molar-refractivity contribution < 1.29 is 18.6 Å². The maximum Gasteiger partial charge on any atom is 0.342 e. The number of rotatable bonds is 4. The van der Waals surface area contributed by atoms with E-state index in [-0.39, 0.29) is 0 Å². The Morgan fingerprint density at radius 3 is 2.15 bits per heavy atom. The summed E-state index contributed by atoms with van der Waals surface area (Å²) in [6.07, 6.45) is 0. The Morgan fingerprint density at radius 1 is 0.900 bits per heavy atom. The first-order valence-corrected chi connectivity index (χ1v) is 6.01. The predicted molar refractivity (Wildman–Crippen MR) is 74.8 cm³/mol. The highest BCUT2D eigenvalue weighted by atomic mass is 16.5. The average molecular weight is 276 g/mol. The lowest BCUT2D eigenvalue weighted by molar-refractivity contribution is 0.355. The quantitative estimate of drug-likeness (QED) is 0.859. The molecule has 0 atom stereocenters. The Hall–Kier alpha value is -2.43. The second kappa shape index (κ2) is 5.69. The molecule has 0 radical (unpaired) electrons. The lowest BCUT2D eigenvalue weighted by Crippen LogP contribution is -2.06. The topological polar surface area (TPSA) is 57.9 Å². The van der Waals surface area contributed by atoms with E-state index in [0.29, 0.717) is 34.1 Å². The van der Waals surface area contributed by atoms with Gasteiger partial charge in [-0.2, -0.15) is 0 Å². The van der Waals surface area contributed by atoms with Gasteiger partial charge in [-0.1, -0.05) is 0 Å². The fourth-order valence-electron chi connectivity index (χ4n) is 1.88. The molecule has 0 unspecified atom stereocenters. The highest BCUT2D eigenvalue weighted by molar-refractivity contribution is 5.64. The third-order valence-corrected chi connectivity index (χ3v) is 3.03. The van der Waals surface area contributed by atoms with Crippen LogP contribution in [0.4, 0.5) is 0 Å². The molecule has 0 aliphatic heterocycles. The second-order valence-corrected chi connectivity index (χ2v) is 4.16. The summed E-state index contributed by atoms with van der Waals surface area (Å²) < 4.78 is 20.9. The van der Waals surface area contributed by atoms with Crippen molar-refractivity contribution in [1.29, 1.82) is 0 Å². The molecule has 0 spiro atoms. The number of ether oxygens (including phenoxy) is 3. The van der Waals surface area contributed by atoms with Crippen molar-refractivity contribution in [2.24, 2.45) is 0 Å². The van der Waals surface area contributed by atoms with E-state index >= 15 is 0 Å². The molecule has 1 heterocycles. The van der Waals surface area contributed by atoms with Gasteiger partial charge in [-0.25, -0.2) is 4.79 Å². The van der Waals surface area contributed by atoms with Gasteiger partial charge < -0.3 is 18.6 Å². The first-order chi connectivity index (χ1) is 9.60. The van der Waals surface area contributed by atoms with Gasteiger partial charge in [0.2, 0.25) is 0 Å². The number of benzene rings is 1. The molecule has 1 aromatic heterocycles. The largest absolute Gasteiger partial charge is 0.496 e. The Bertz CT molecular complexity index is 672. The van der Waals surface area contributed by atoms with E-state index in [1.807, 2.05) is 0 Å². The zero-order chi connectivity index (χ0) is 14.7. The zero-order valence-electron chi connectivity index (χ0n) is 11.9. The summed E-state index contributed by atoms with van der Waals surface area (Å²) in [4.78, 5) is 11.8. The average Bonchev–Trinajstić information content (AvgIpc) is 2.49. The molecule has 0 aliphatic rings. The van der Waals surface area contributed by atoms with Gasteiger partial charge in [-0.3, -0.25) is 0 Å². The minimum atomic E-state index is -0.422. The van der Waals surface area contributed by atoms with Gasteiger partial charge in [0.15, 0.2) is 11.5 Å². The van der Waals surface area contributed by atoms with Crippen molar-refractivity contribution in [3.05, 3.63) is 40.2 Å². The predicted octanol–water partition coefficient (Wildman–Crippen LogP) is 2.64. The van der Waals surface area contributed by atoms with Crippen LogP contribution in [0.3, 0.4) is 0 Å². The molecule has 0 fully saturated rings. The number of hydrogen-bond acceptors (Lipinski definition) is 5. The molecular formula is C15H16O5. The van der Waals surface area contributed by atoms with Crippen LogP contribution in [0.5, 0.6) is 17.2 Å². The molecule has 0 saturated heterocycles. The molecule has 2 aromatic rings. The van der Waals surface area contributed by atoms with Crippen LogP contribution >= 0.6 is 0 Å². The minimum Gasteiger partial charge on any atom is -0.496 e. The summed E-state index contributed by atoms with van der Waals surface area (Å²) in [6, 6.07) is 6.96. The Labute approximate surface area is 116 Å². The third kappa shape index (κ3) is 2.47. The van der Waals surface area contributed by atoms with E-state index in [9.17, 15) is 4.79 Å². The first-order valence-electron chi connectivity index (χ1n) is 6.01. The first kappa shape index (κ1) is 14.0. The minimum absolute atomic E-state index is 0.415. The van der Waals surface area contributed by atoms with Gasteiger partial charge in [-0.15, -0.1) is 0 Å². The summed E-state index contributed by atoms with van der Waals surface area (Å²) in [5.74, 6) is 2.08. The van der Waals surface area contributed by atoms with Crippen LogP contribution < -0.4 is 19.8 Å². The molecule has 20 heavy (non-hydrogen) atoms. The molecule has 1 aromatic carbocycles. The van der Waals surface area contributed by atoms with Crippen LogP contribution in [-0.4, -0.2) is 21.3 Å². The summed E-state index contributed by atoms with van der Waals surface area (Å²) in [5.41, 5.74) is 0.726. The Balaban J connectivity index is 2.57. The highest BCUT2D eigenvalue weighted by Crippen LogP contribution is 2.33. The molecule has 0 aliphatic carbocycles. The van der Waals surface area contributed by atoms with E-state index in [0.717, 1.165) is 0 Å². The van der Waals surface area contributed by atoms with Crippen LogP contribution in [0, 0.1) is 6.92 Å². The monoisotopic (exact) mass is 276 g/mol. The standard InChI is InChI=1S/C15H16O5/c1-9-12(18-3)8-13(20-15(9)16)10-5-6-11(17-2)14(7-10)19-4/h5-8H,1-4H3. The van der Waals surface area contributed by atoms with Crippen molar-refractivity contribution in [1.82, 2.24) is 0 Å². The molecule has 106 valence electrons. The van der Waals surface area contributed by atoms with Crippen molar-refractivity contribution in [2.75, 3.05) is 21.3 Å². The van der Waals surface area contributed by atoms with E-state index in [1.54, 1.807) is 45.4 Å². The molecule has 0 saturated carbocycles. The van der Waals surface area contributed by atoms with Gasteiger partial charge in [-0.05, 0) is 25.1 Å². The van der Waals surface area contributed by atoms with E-state index in [2.05, 4.69) is 0 Å². The fraction of sp³-hybridized carbons (Fsp3) is 0.267. The van der Waals surface area contributed by atoms with Gasteiger partial charge in [0.1, 0.15) is 11.5 Å². The van der Waals surface area contributed by atoms with Crippen LogP contribution in [-0.2, 0) is 0 Å². The van der Waals surface area contributed by atoms with Crippen molar-refractivity contribution >= 4 is 0 Å². The maximum atomic E-state index is 11.8. The van der Waals surface area contributed by atoms with Crippen LogP contribution in [0.2, 0.25) is 0 Å². The fourth-order valence-corrected chi connectivity index (χ4v) is 1.88. The summed E-state index contributed by atoms with van der Waals surface area (Å²) in [7, 11) is 4.63. The van der Waals surface area contributed by atoms with Gasteiger partial charge >= 0.3 is 5.63 Å². The number of hydrogen-bond donors (Lipinski definition) is 0. The molecule has 0 amide bonds.